The molecule has 1 aliphatic heterocycles. The van der Waals surface area contributed by atoms with E-state index in [9.17, 15) is 9.59 Å². The summed E-state index contributed by atoms with van der Waals surface area (Å²) in [7, 11) is 1.61. The van der Waals surface area contributed by atoms with Crippen LogP contribution in [-0.4, -0.2) is 18.9 Å². The topological polar surface area (TPSA) is 67.4 Å². The van der Waals surface area contributed by atoms with Gasteiger partial charge in [-0.2, -0.15) is 0 Å². The van der Waals surface area contributed by atoms with Gasteiger partial charge in [-0.25, -0.2) is 0 Å². The summed E-state index contributed by atoms with van der Waals surface area (Å²) in [6.07, 6.45) is 3.20. The second-order valence-electron chi connectivity index (χ2n) is 6.44. The molecule has 0 aromatic heterocycles. The summed E-state index contributed by atoms with van der Waals surface area (Å²) >= 11 is 0. The van der Waals surface area contributed by atoms with E-state index in [1.165, 1.54) is 6.08 Å². The summed E-state index contributed by atoms with van der Waals surface area (Å²) in [5.74, 6) is 0.495. The van der Waals surface area contributed by atoms with E-state index < -0.39 is 5.41 Å². The molecule has 3 rings (SSSR count). The predicted molar refractivity (Wildman–Crippen MR) is 98.8 cm³/mol. The first-order chi connectivity index (χ1) is 11.9. The number of anilines is 2. The van der Waals surface area contributed by atoms with Gasteiger partial charge in [0.25, 0.3) is 0 Å². The number of benzene rings is 2. The standard InChI is InChI=1S/C20H20N2O3/c1-20(2)16-10-7-14(12-17(16)22-19(20)24)21-18(23)11-6-13-4-8-15(25-3)9-5-13/h4-12H,1-3H3,(H,21,23)(H,22,24)/b11-6+. The van der Waals surface area contributed by atoms with Crippen LogP contribution in [0, 0.1) is 0 Å². The largest absolute Gasteiger partial charge is 0.497 e. The number of hydrogen-bond donors (Lipinski definition) is 2. The van der Waals surface area contributed by atoms with Crippen molar-refractivity contribution >= 4 is 29.3 Å². The lowest BCUT2D eigenvalue weighted by atomic mass is 9.86. The Hall–Kier alpha value is -3.08. The van der Waals surface area contributed by atoms with Gasteiger partial charge in [-0.1, -0.05) is 18.2 Å². The van der Waals surface area contributed by atoms with E-state index in [-0.39, 0.29) is 11.8 Å². The third-order valence-electron chi connectivity index (χ3n) is 4.32. The highest BCUT2D eigenvalue weighted by atomic mass is 16.5. The van der Waals surface area contributed by atoms with E-state index in [1.54, 1.807) is 25.3 Å². The van der Waals surface area contributed by atoms with Gasteiger partial charge in [0.1, 0.15) is 5.75 Å². The van der Waals surface area contributed by atoms with E-state index in [4.69, 9.17) is 4.74 Å². The quantitative estimate of drug-likeness (QED) is 0.839. The van der Waals surface area contributed by atoms with Crippen molar-refractivity contribution in [2.24, 2.45) is 0 Å². The molecule has 1 aliphatic rings. The smallest absolute Gasteiger partial charge is 0.248 e. The van der Waals surface area contributed by atoms with Gasteiger partial charge in [0.05, 0.1) is 12.5 Å². The highest BCUT2D eigenvalue weighted by Crippen LogP contribution is 2.38. The molecule has 128 valence electrons. The van der Waals surface area contributed by atoms with Gasteiger partial charge >= 0.3 is 0 Å². The minimum Gasteiger partial charge on any atom is -0.497 e. The SMILES string of the molecule is COc1ccc(/C=C/C(=O)Nc2ccc3c(c2)NC(=O)C3(C)C)cc1. The molecule has 1 heterocycles. The number of carbonyl (C=O) groups is 2. The van der Waals surface area contributed by atoms with Gasteiger partial charge < -0.3 is 15.4 Å². The van der Waals surface area contributed by atoms with E-state index in [1.807, 2.05) is 44.2 Å². The number of fused-ring (bicyclic) bond motifs is 1. The van der Waals surface area contributed by atoms with Crippen LogP contribution in [-0.2, 0) is 15.0 Å². The molecule has 2 N–H and O–H groups in total. The number of carbonyl (C=O) groups excluding carboxylic acids is 2. The summed E-state index contributed by atoms with van der Waals surface area (Å²) in [4.78, 5) is 24.1. The van der Waals surface area contributed by atoms with Crippen LogP contribution in [0.2, 0.25) is 0 Å². The van der Waals surface area contributed by atoms with Crippen molar-refractivity contribution < 1.29 is 14.3 Å². The molecule has 0 atom stereocenters. The molecule has 25 heavy (non-hydrogen) atoms. The second-order valence-corrected chi connectivity index (χ2v) is 6.44. The Kier molecular flexibility index (Phi) is 4.31. The third-order valence-corrected chi connectivity index (χ3v) is 4.32. The molecule has 2 amide bonds. The lowest BCUT2D eigenvalue weighted by Crippen LogP contribution is -2.26. The summed E-state index contributed by atoms with van der Waals surface area (Å²) in [5, 5.41) is 5.65. The fraction of sp³-hybridized carbons (Fsp3) is 0.200. The zero-order chi connectivity index (χ0) is 18.0. The highest BCUT2D eigenvalue weighted by molar-refractivity contribution is 6.07. The Morgan fingerprint density at radius 3 is 2.56 bits per heavy atom. The molecule has 5 nitrogen and oxygen atoms in total. The van der Waals surface area contributed by atoms with Crippen molar-refractivity contribution in [3.8, 4) is 5.75 Å². The molecule has 0 fully saturated rings. The summed E-state index contributed by atoms with van der Waals surface area (Å²) in [6.45, 7) is 3.76. The molecule has 0 unspecified atom stereocenters. The maximum atomic E-state index is 12.1. The van der Waals surface area contributed by atoms with Gasteiger partial charge in [0.15, 0.2) is 0 Å². The van der Waals surface area contributed by atoms with Crippen LogP contribution < -0.4 is 15.4 Å². The van der Waals surface area contributed by atoms with Crippen LogP contribution >= 0.6 is 0 Å². The lowest BCUT2D eigenvalue weighted by molar-refractivity contribution is -0.119. The molecule has 0 spiro atoms. The fourth-order valence-corrected chi connectivity index (χ4v) is 2.74. The summed E-state index contributed by atoms with van der Waals surface area (Å²) in [6, 6.07) is 12.9. The van der Waals surface area contributed by atoms with Crippen LogP contribution in [0.5, 0.6) is 5.75 Å². The number of amides is 2. The van der Waals surface area contributed by atoms with E-state index >= 15 is 0 Å². The van der Waals surface area contributed by atoms with E-state index in [0.29, 0.717) is 5.69 Å². The summed E-state index contributed by atoms with van der Waals surface area (Å²) in [5.41, 5.74) is 2.67. The molecular weight excluding hydrogens is 316 g/mol. The van der Waals surface area contributed by atoms with Crippen molar-refractivity contribution in [3.05, 3.63) is 59.7 Å². The molecule has 0 aliphatic carbocycles. The van der Waals surface area contributed by atoms with Crippen LogP contribution in [0.15, 0.2) is 48.5 Å². The van der Waals surface area contributed by atoms with Crippen molar-refractivity contribution in [2.75, 3.05) is 17.7 Å². The fourth-order valence-electron chi connectivity index (χ4n) is 2.74. The third kappa shape index (κ3) is 3.40. The van der Waals surface area contributed by atoms with Gasteiger partial charge in [-0.05, 0) is 55.3 Å². The van der Waals surface area contributed by atoms with Gasteiger partial charge in [-0.15, -0.1) is 0 Å². The monoisotopic (exact) mass is 336 g/mol. The Bertz CT molecular complexity index is 852. The summed E-state index contributed by atoms with van der Waals surface area (Å²) < 4.78 is 5.10. The van der Waals surface area contributed by atoms with Crippen LogP contribution in [0.25, 0.3) is 6.08 Å². The first-order valence-electron chi connectivity index (χ1n) is 7.99. The van der Waals surface area contributed by atoms with Crippen molar-refractivity contribution in [3.63, 3.8) is 0 Å². The second kappa shape index (κ2) is 6.43. The van der Waals surface area contributed by atoms with Gasteiger partial charge in [-0.3, -0.25) is 9.59 Å². The van der Waals surface area contributed by atoms with Gasteiger partial charge in [0.2, 0.25) is 11.8 Å². The zero-order valence-electron chi connectivity index (χ0n) is 14.4. The molecule has 0 radical (unpaired) electrons. The van der Waals surface area contributed by atoms with Crippen LogP contribution in [0.1, 0.15) is 25.0 Å². The van der Waals surface area contributed by atoms with Crippen molar-refractivity contribution in [1.82, 2.24) is 0 Å². The maximum Gasteiger partial charge on any atom is 0.248 e. The average Bonchev–Trinajstić information content (AvgIpc) is 2.82. The minimum atomic E-state index is -0.549. The minimum absolute atomic E-state index is 0.0367. The zero-order valence-corrected chi connectivity index (χ0v) is 14.4. The normalized spacial score (nSPS) is 14.9. The lowest BCUT2D eigenvalue weighted by Gasteiger charge is -2.15. The Morgan fingerprint density at radius 1 is 1.16 bits per heavy atom. The van der Waals surface area contributed by atoms with E-state index in [2.05, 4.69) is 10.6 Å². The molecule has 0 bridgehead atoms. The predicted octanol–water partition coefficient (Wildman–Crippen LogP) is 3.58. The Balaban J connectivity index is 1.68. The van der Waals surface area contributed by atoms with E-state index in [0.717, 1.165) is 22.6 Å². The molecule has 2 aromatic carbocycles. The van der Waals surface area contributed by atoms with Crippen LogP contribution in [0.3, 0.4) is 0 Å². The maximum absolute atomic E-state index is 12.1. The molecule has 2 aromatic rings. The first kappa shape index (κ1) is 16.8. The number of rotatable bonds is 4. The van der Waals surface area contributed by atoms with Gasteiger partial charge in [0, 0.05) is 17.5 Å². The Morgan fingerprint density at radius 2 is 1.88 bits per heavy atom. The molecule has 0 saturated heterocycles. The van der Waals surface area contributed by atoms with Crippen molar-refractivity contribution in [2.45, 2.75) is 19.3 Å². The van der Waals surface area contributed by atoms with Crippen LogP contribution in [0.4, 0.5) is 11.4 Å². The first-order valence-corrected chi connectivity index (χ1v) is 7.99. The number of methoxy groups -OCH3 is 1. The highest BCUT2D eigenvalue weighted by Gasteiger charge is 2.38. The molecule has 0 saturated carbocycles. The Labute approximate surface area is 146 Å². The average molecular weight is 336 g/mol. The van der Waals surface area contributed by atoms with Crippen molar-refractivity contribution in [1.29, 1.82) is 0 Å². The molecule has 5 heteroatoms. The number of hydrogen-bond acceptors (Lipinski definition) is 3. The number of nitrogens with one attached hydrogen (secondary N) is 2. The molecular formula is C20H20N2O3. The number of ether oxygens (including phenoxy) is 1.